The van der Waals surface area contributed by atoms with Crippen LogP contribution < -0.4 is 4.74 Å². The van der Waals surface area contributed by atoms with Gasteiger partial charge in [-0.1, -0.05) is 6.42 Å². The van der Waals surface area contributed by atoms with Crippen molar-refractivity contribution in [1.29, 1.82) is 0 Å². The first-order valence-corrected chi connectivity index (χ1v) is 10.0. The van der Waals surface area contributed by atoms with E-state index in [0.717, 1.165) is 42.3 Å². The number of nitrogens with zero attached hydrogens (tertiary/aromatic N) is 1. The molecule has 0 N–H and O–H groups in total. The topological polar surface area (TPSA) is 57.5 Å². The van der Waals surface area contributed by atoms with E-state index in [1.54, 1.807) is 0 Å². The maximum atomic E-state index is 12.7. The Balaban J connectivity index is 1.49. The number of methoxy groups -OCH3 is 1. The van der Waals surface area contributed by atoms with Gasteiger partial charge in [0.05, 0.1) is 18.6 Å². The second-order valence-electron chi connectivity index (χ2n) is 8.43. The highest BCUT2D eigenvalue weighted by Gasteiger charge is 2.44. The van der Waals surface area contributed by atoms with Crippen molar-refractivity contribution >= 4 is 22.8 Å². The highest BCUT2D eigenvalue weighted by Crippen LogP contribution is 2.49. The predicted octanol–water partition coefficient (Wildman–Crippen LogP) is 4.41. The molecule has 1 heterocycles. The molecule has 1 aromatic heterocycles. The van der Waals surface area contributed by atoms with E-state index in [9.17, 15) is 9.59 Å². The average molecular weight is 367 g/mol. The van der Waals surface area contributed by atoms with Crippen LogP contribution in [0.2, 0.25) is 0 Å². The van der Waals surface area contributed by atoms with Gasteiger partial charge in [0.1, 0.15) is 5.75 Å². The smallest absolute Gasteiger partial charge is 0.340 e. The third-order valence-corrected chi connectivity index (χ3v) is 6.78. The summed E-state index contributed by atoms with van der Waals surface area (Å²) < 4.78 is 13.0. The lowest BCUT2D eigenvalue weighted by Crippen LogP contribution is -2.25. The Morgan fingerprint density at radius 2 is 1.93 bits per heavy atom. The number of hydrogen-bond donors (Lipinski definition) is 0. The van der Waals surface area contributed by atoms with Crippen LogP contribution in [0.25, 0.3) is 10.9 Å². The zero-order chi connectivity index (χ0) is 18.7. The molecule has 0 aliphatic heterocycles. The SMILES string of the molecule is COC(=O)c1c(C)n(C2CC2)c2ccc(OC(=O)C3CC4CCC3C4)cc12. The van der Waals surface area contributed by atoms with E-state index in [-0.39, 0.29) is 17.9 Å². The molecule has 3 saturated carbocycles. The van der Waals surface area contributed by atoms with Crippen LogP contribution in [0.4, 0.5) is 0 Å². The minimum atomic E-state index is -0.339. The normalized spacial score (nSPS) is 26.5. The standard InChI is InChI=1S/C22H25NO4/c1-12-20(22(25)26-2)18-11-16(7-8-19(18)23(12)15-5-6-15)27-21(24)17-10-13-3-4-14(17)9-13/h7-8,11,13-15,17H,3-6,9-10H2,1-2H3. The molecule has 3 atom stereocenters. The molecule has 2 aromatic rings. The Kier molecular flexibility index (Phi) is 3.81. The lowest BCUT2D eigenvalue weighted by molar-refractivity contribution is -0.140. The summed E-state index contributed by atoms with van der Waals surface area (Å²) in [6.07, 6.45) is 6.82. The van der Waals surface area contributed by atoms with E-state index in [2.05, 4.69) is 4.57 Å². The van der Waals surface area contributed by atoms with Crippen LogP contribution in [0.5, 0.6) is 5.75 Å². The van der Waals surface area contributed by atoms with Gasteiger partial charge < -0.3 is 14.0 Å². The summed E-state index contributed by atoms with van der Waals surface area (Å²) in [6, 6.07) is 6.11. The summed E-state index contributed by atoms with van der Waals surface area (Å²) >= 11 is 0. The lowest BCUT2D eigenvalue weighted by Gasteiger charge is -2.19. The highest BCUT2D eigenvalue weighted by atomic mass is 16.5. The molecule has 5 heteroatoms. The number of ether oxygens (including phenoxy) is 2. The molecule has 3 aliphatic rings. The number of aromatic nitrogens is 1. The summed E-state index contributed by atoms with van der Waals surface area (Å²) in [6.45, 7) is 1.96. The number of benzene rings is 1. The molecule has 0 radical (unpaired) electrons. The number of hydrogen-bond acceptors (Lipinski definition) is 4. The fraction of sp³-hybridized carbons (Fsp3) is 0.545. The molecule has 5 rings (SSSR count). The van der Waals surface area contributed by atoms with Crippen LogP contribution in [0, 0.1) is 24.7 Å². The van der Waals surface area contributed by atoms with Gasteiger partial charge in [-0.25, -0.2) is 4.79 Å². The van der Waals surface area contributed by atoms with Gasteiger partial charge in [-0.15, -0.1) is 0 Å². The van der Waals surface area contributed by atoms with Crippen molar-refractivity contribution in [1.82, 2.24) is 4.57 Å². The zero-order valence-electron chi connectivity index (χ0n) is 15.9. The molecule has 0 spiro atoms. The predicted molar refractivity (Wildman–Crippen MR) is 101 cm³/mol. The molecule has 3 aliphatic carbocycles. The maximum absolute atomic E-state index is 12.7. The minimum Gasteiger partial charge on any atom is -0.465 e. The first kappa shape index (κ1) is 16.8. The third-order valence-electron chi connectivity index (χ3n) is 6.78. The van der Waals surface area contributed by atoms with Crippen LogP contribution in [0.3, 0.4) is 0 Å². The first-order valence-electron chi connectivity index (χ1n) is 10.0. The van der Waals surface area contributed by atoms with Crippen LogP contribution >= 0.6 is 0 Å². The van der Waals surface area contributed by atoms with Crippen molar-refractivity contribution in [2.45, 2.75) is 51.5 Å². The van der Waals surface area contributed by atoms with Crippen molar-refractivity contribution in [3.8, 4) is 5.75 Å². The molecule has 3 fully saturated rings. The van der Waals surface area contributed by atoms with Crippen LogP contribution in [-0.4, -0.2) is 23.6 Å². The second kappa shape index (κ2) is 6.11. The molecule has 142 valence electrons. The van der Waals surface area contributed by atoms with E-state index < -0.39 is 0 Å². The molecule has 0 saturated heterocycles. The van der Waals surface area contributed by atoms with Crippen molar-refractivity contribution in [3.63, 3.8) is 0 Å². The molecule has 5 nitrogen and oxygen atoms in total. The van der Waals surface area contributed by atoms with E-state index >= 15 is 0 Å². The average Bonchev–Trinajstić information content (AvgIpc) is 3.14. The third kappa shape index (κ3) is 2.67. The number of esters is 2. The molecular weight excluding hydrogens is 342 g/mol. The number of fused-ring (bicyclic) bond motifs is 3. The first-order chi connectivity index (χ1) is 13.1. The second-order valence-corrected chi connectivity index (χ2v) is 8.43. The highest BCUT2D eigenvalue weighted by molar-refractivity contribution is 6.06. The van der Waals surface area contributed by atoms with E-state index in [4.69, 9.17) is 9.47 Å². The Morgan fingerprint density at radius 3 is 2.56 bits per heavy atom. The lowest BCUT2D eigenvalue weighted by atomic mass is 9.89. The van der Waals surface area contributed by atoms with Gasteiger partial charge in [0.25, 0.3) is 0 Å². The van der Waals surface area contributed by atoms with Gasteiger partial charge >= 0.3 is 11.9 Å². The summed E-state index contributed by atoms with van der Waals surface area (Å²) in [5, 5.41) is 0.810. The Morgan fingerprint density at radius 1 is 1.11 bits per heavy atom. The Labute approximate surface area is 158 Å². The fourth-order valence-corrected chi connectivity index (χ4v) is 5.37. The number of rotatable bonds is 4. The van der Waals surface area contributed by atoms with Crippen molar-refractivity contribution in [2.75, 3.05) is 7.11 Å². The van der Waals surface area contributed by atoms with Crippen molar-refractivity contribution < 1.29 is 19.1 Å². The van der Waals surface area contributed by atoms with Gasteiger partial charge in [-0.2, -0.15) is 0 Å². The molecule has 0 amide bonds. The van der Waals surface area contributed by atoms with Crippen LogP contribution in [0.15, 0.2) is 18.2 Å². The molecule has 27 heavy (non-hydrogen) atoms. The van der Waals surface area contributed by atoms with E-state index in [0.29, 0.717) is 29.2 Å². The summed E-state index contributed by atoms with van der Waals surface area (Å²) in [5.41, 5.74) is 2.52. The van der Waals surface area contributed by atoms with Gasteiger partial charge in [0, 0.05) is 22.6 Å². The largest absolute Gasteiger partial charge is 0.465 e. The quantitative estimate of drug-likeness (QED) is 0.593. The number of carbonyl (C=O) groups is 2. The fourth-order valence-electron chi connectivity index (χ4n) is 5.37. The van der Waals surface area contributed by atoms with Gasteiger partial charge in [-0.05, 0) is 69.1 Å². The van der Waals surface area contributed by atoms with Crippen LogP contribution in [-0.2, 0) is 9.53 Å². The van der Waals surface area contributed by atoms with Crippen molar-refractivity contribution in [3.05, 3.63) is 29.5 Å². The molecule has 3 unspecified atom stereocenters. The summed E-state index contributed by atoms with van der Waals surface area (Å²) in [5.74, 6) is 1.31. The zero-order valence-corrected chi connectivity index (χ0v) is 15.9. The van der Waals surface area contributed by atoms with Gasteiger partial charge in [0.15, 0.2) is 0 Å². The Hall–Kier alpha value is -2.30. The minimum absolute atomic E-state index is 0.0392. The molecule has 2 bridgehead atoms. The maximum Gasteiger partial charge on any atom is 0.340 e. The van der Waals surface area contributed by atoms with E-state index in [1.807, 2.05) is 25.1 Å². The summed E-state index contributed by atoms with van der Waals surface area (Å²) in [4.78, 5) is 25.1. The molecule has 1 aromatic carbocycles. The molecular formula is C22H25NO4. The van der Waals surface area contributed by atoms with Gasteiger partial charge in [0.2, 0.25) is 0 Å². The van der Waals surface area contributed by atoms with Gasteiger partial charge in [-0.3, -0.25) is 4.79 Å². The number of carbonyl (C=O) groups excluding carboxylic acids is 2. The Bertz CT molecular complexity index is 939. The van der Waals surface area contributed by atoms with Crippen molar-refractivity contribution in [2.24, 2.45) is 17.8 Å². The van der Waals surface area contributed by atoms with E-state index in [1.165, 1.54) is 20.0 Å². The monoisotopic (exact) mass is 367 g/mol. The summed E-state index contributed by atoms with van der Waals surface area (Å²) in [7, 11) is 1.40. The van der Waals surface area contributed by atoms with Crippen LogP contribution in [0.1, 0.15) is 60.6 Å².